The summed E-state index contributed by atoms with van der Waals surface area (Å²) < 4.78 is 19.6. The number of nitrogens with zero attached hydrogens (tertiary/aromatic N) is 1. The molecule has 1 fully saturated rings. The van der Waals surface area contributed by atoms with Crippen molar-refractivity contribution in [2.24, 2.45) is 16.8 Å². The van der Waals surface area contributed by atoms with Crippen LogP contribution in [0.4, 0.5) is 10.1 Å². The fourth-order valence-corrected chi connectivity index (χ4v) is 3.74. The van der Waals surface area contributed by atoms with E-state index < -0.39 is 11.7 Å². The predicted molar refractivity (Wildman–Crippen MR) is 130 cm³/mol. The number of esters is 1. The van der Waals surface area contributed by atoms with Crippen molar-refractivity contribution < 1.29 is 23.5 Å². The minimum atomic E-state index is -0.683. The molecule has 1 aromatic rings. The fraction of sp³-hybridized carbons (Fsp3) is 0.500. The van der Waals surface area contributed by atoms with Gasteiger partial charge in [-0.3, -0.25) is 14.4 Å². The number of anilines is 1. The number of nitrogens with one attached hydrogen (secondary N) is 2. The highest BCUT2D eigenvalue weighted by Crippen LogP contribution is 2.18. The molecule has 2 rings (SSSR count). The summed E-state index contributed by atoms with van der Waals surface area (Å²) in [5.74, 6) is -1.52. The van der Waals surface area contributed by atoms with Crippen molar-refractivity contribution in [3.63, 3.8) is 0 Å². The largest absolute Gasteiger partial charge is 0.465 e. The molecule has 1 saturated heterocycles. The van der Waals surface area contributed by atoms with Crippen LogP contribution in [0.5, 0.6) is 0 Å². The van der Waals surface area contributed by atoms with E-state index in [4.69, 9.17) is 4.74 Å². The number of hydrogen-bond donors (Lipinski definition) is 2. The smallest absolute Gasteiger partial charge is 0.309 e. The van der Waals surface area contributed by atoms with Crippen LogP contribution < -0.4 is 10.6 Å². The molecule has 1 heterocycles. The van der Waals surface area contributed by atoms with Gasteiger partial charge in [0.25, 0.3) is 5.91 Å². The number of hydrogen-bond acceptors (Lipinski definition) is 6. The Morgan fingerprint density at radius 2 is 2.03 bits per heavy atom. The highest BCUT2D eigenvalue weighted by atomic mass is 32.2. The van der Waals surface area contributed by atoms with Crippen LogP contribution in [-0.2, 0) is 14.3 Å². The van der Waals surface area contributed by atoms with Crippen molar-refractivity contribution in [2.45, 2.75) is 46.5 Å². The third-order valence-electron chi connectivity index (χ3n) is 4.88. The first kappa shape index (κ1) is 26.7. The van der Waals surface area contributed by atoms with Crippen LogP contribution in [0.1, 0.15) is 56.8 Å². The number of aliphatic imine (C=N–C) groups is 1. The molecule has 2 N–H and O–H groups in total. The van der Waals surface area contributed by atoms with Gasteiger partial charge in [-0.05, 0) is 62.4 Å². The maximum atomic E-state index is 14.3. The molecule has 180 valence electrons. The molecule has 0 bridgehead atoms. The van der Waals surface area contributed by atoms with E-state index in [2.05, 4.69) is 15.6 Å². The zero-order chi connectivity index (χ0) is 24.2. The molecule has 0 saturated carbocycles. The Morgan fingerprint density at radius 1 is 1.30 bits per heavy atom. The molecular weight excluding hydrogens is 445 g/mol. The molecule has 9 heteroatoms. The molecule has 0 spiro atoms. The van der Waals surface area contributed by atoms with Gasteiger partial charge in [0.05, 0.1) is 23.3 Å². The lowest BCUT2D eigenvalue weighted by molar-refractivity contribution is -0.149. The number of ether oxygens (including phenoxy) is 1. The van der Waals surface area contributed by atoms with E-state index in [9.17, 15) is 18.8 Å². The average Bonchev–Trinajstić information content (AvgIpc) is 2.77. The van der Waals surface area contributed by atoms with E-state index in [1.165, 1.54) is 23.9 Å². The zero-order valence-corrected chi connectivity index (χ0v) is 20.2. The molecular formula is C24H32FN3O4S. The summed E-state index contributed by atoms with van der Waals surface area (Å²) in [4.78, 5) is 40.0. The maximum Gasteiger partial charge on any atom is 0.309 e. The van der Waals surface area contributed by atoms with Crippen molar-refractivity contribution in [3.8, 4) is 0 Å². The van der Waals surface area contributed by atoms with Crippen LogP contribution in [0.15, 0.2) is 34.7 Å². The number of piperidine rings is 1. The Labute approximate surface area is 198 Å². The minimum Gasteiger partial charge on any atom is -0.465 e. The van der Waals surface area contributed by atoms with Crippen LogP contribution in [0, 0.1) is 17.7 Å². The standard InChI is InChI=1S/C24H32FN3O4S/c1-16(2)14-22(29)28-21-7-6-19(15-20(21)25)23(30)27-17(3)33-13-5-4-12-32-24(31)18-8-10-26-11-9-18/h5-7,13,15-16,18,26H,4,8-12,14H2,1-3H3,(H,28,29)/b13-5-,27-17?. The number of amides is 2. The Hall–Kier alpha value is -2.52. The molecule has 0 aromatic heterocycles. The molecule has 0 unspecified atom stereocenters. The first-order valence-electron chi connectivity index (χ1n) is 11.1. The summed E-state index contributed by atoms with van der Waals surface area (Å²) in [6, 6.07) is 3.87. The van der Waals surface area contributed by atoms with Crippen LogP contribution in [0.25, 0.3) is 0 Å². The van der Waals surface area contributed by atoms with Crippen LogP contribution >= 0.6 is 11.8 Å². The van der Waals surface area contributed by atoms with Gasteiger partial charge in [0.15, 0.2) is 0 Å². The van der Waals surface area contributed by atoms with Gasteiger partial charge in [0, 0.05) is 18.4 Å². The third-order valence-corrected chi connectivity index (χ3v) is 5.64. The Balaban J connectivity index is 1.76. The maximum absolute atomic E-state index is 14.3. The van der Waals surface area contributed by atoms with Crippen molar-refractivity contribution in [1.82, 2.24) is 5.32 Å². The number of thioether (sulfide) groups is 1. The zero-order valence-electron chi connectivity index (χ0n) is 19.4. The van der Waals surface area contributed by atoms with Crippen molar-refractivity contribution in [1.29, 1.82) is 0 Å². The highest BCUT2D eigenvalue weighted by Gasteiger charge is 2.21. The summed E-state index contributed by atoms with van der Waals surface area (Å²) in [6.07, 6.45) is 4.33. The lowest BCUT2D eigenvalue weighted by atomic mass is 9.99. The highest BCUT2D eigenvalue weighted by molar-refractivity contribution is 8.16. The Morgan fingerprint density at radius 3 is 2.70 bits per heavy atom. The summed E-state index contributed by atoms with van der Waals surface area (Å²) in [7, 11) is 0. The van der Waals surface area contributed by atoms with E-state index in [-0.39, 0.29) is 41.4 Å². The number of carbonyl (C=O) groups is 3. The van der Waals surface area contributed by atoms with Crippen LogP contribution in [-0.4, -0.2) is 42.5 Å². The number of halogens is 1. The van der Waals surface area contributed by atoms with Gasteiger partial charge >= 0.3 is 5.97 Å². The number of rotatable bonds is 9. The summed E-state index contributed by atoms with van der Waals surface area (Å²) in [6.45, 7) is 7.49. The summed E-state index contributed by atoms with van der Waals surface area (Å²) >= 11 is 1.26. The lowest BCUT2D eigenvalue weighted by Gasteiger charge is -2.20. The first-order valence-corrected chi connectivity index (χ1v) is 12.0. The van der Waals surface area contributed by atoms with Crippen molar-refractivity contribution >= 4 is 40.3 Å². The van der Waals surface area contributed by atoms with Gasteiger partial charge in [-0.1, -0.05) is 31.7 Å². The number of benzene rings is 1. The van der Waals surface area contributed by atoms with E-state index in [1.54, 1.807) is 12.3 Å². The molecule has 33 heavy (non-hydrogen) atoms. The van der Waals surface area contributed by atoms with E-state index in [1.807, 2.05) is 19.9 Å². The molecule has 7 nitrogen and oxygen atoms in total. The van der Waals surface area contributed by atoms with Gasteiger partial charge in [0.1, 0.15) is 5.82 Å². The third kappa shape index (κ3) is 9.88. The molecule has 1 aliphatic heterocycles. The Bertz CT molecular complexity index is 896. The quantitative estimate of drug-likeness (QED) is 0.234. The minimum absolute atomic E-state index is 0.0137. The van der Waals surface area contributed by atoms with Gasteiger partial charge in [-0.15, -0.1) is 0 Å². The van der Waals surface area contributed by atoms with E-state index in [0.717, 1.165) is 32.0 Å². The fourth-order valence-electron chi connectivity index (χ4n) is 3.17. The topological polar surface area (TPSA) is 96.9 Å². The molecule has 1 aliphatic rings. The average molecular weight is 478 g/mol. The van der Waals surface area contributed by atoms with Crippen LogP contribution in [0.3, 0.4) is 0 Å². The second-order valence-corrected chi connectivity index (χ2v) is 9.35. The van der Waals surface area contributed by atoms with Crippen molar-refractivity contribution in [2.75, 3.05) is 25.0 Å². The van der Waals surface area contributed by atoms with Gasteiger partial charge < -0.3 is 15.4 Å². The monoisotopic (exact) mass is 477 g/mol. The van der Waals surface area contributed by atoms with E-state index >= 15 is 0 Å². The Kier molecular flexibility index (Phi) is 11.3. The molecule has 0 aliphatic carbocycles. The second-order valence-electron chi connectivity index (χ2n) is 8.25. The van der Waals surface area contributed by atoms with Crippen molar-refractivity contribution in [3.05, 3.63) is 41.1 Å². The predicted octanol–water partition coefficient (Wildman–Crippen LogP) is 4.55. The van der Waals surface area contributed by atoms with Gasteiger partial charge in [0.2, 0.25) is 5.91 Å². The summed E-state index contributed by atoms with van der Waals surface area (Å²) in [5.41, 5.74) is 0.138. The number of carbonyl (C=O) groups excluding carboxylic acids is 3. The van der Waals surface area contributed by atoms with Gasteiger partial charge in [-0.25, -0.2) is 9.38 Å². The van der Waals surface area contributed by atoms with Gasteiger partial charge in [-0.2, -0.15) is 0 Å². The van der Waals surface area contributed by atoms with Crippen LogP contribution in [0.2, 0.25) is 0 Å². The first-order chi connectivity index (χ1) is 15.8. The molecule has 0 radical (unpaired) electrons. The summed E-state index contributed by atoms with van der Waals surface area (Å²) in [5, 5.41) is 8.00. The second kappa shape index (κ2) is 13.9. The molecule has 1 aromatic carbocycles. The molecule has 0 atom stereocenters. The van der Waals surface area contributed by atoms with E-state index in [0.29, 0.717) is 18.1 Å². The molecule has 2 amide bonds. The SMILES string of the molecule is CC(=NC(=O)c1ccc(NC(=O)CC(C)C)c(F)c1)S/C=C\CCOC(=O)C1CCNCC1. The lowest BCUT2D eigenvalue weighted by Crippen LogP contribution is -2.32. The normalized spacial score (nSPS) is 15.1.